The van der Waals surface area contributed by atoms with Gasteiger partial charge in [0.2, 0.25) is 0 Å². The van der Waals surface area contributed by atoms with E-state index in [2.05, 4.69) is 5.32 Å². The van der Waals surface area contributed by atoms with Crippen LogP contribution < -0.4 is 25.5 Å². The smallest absolute Gasteiger partial charge is 0.336 e. The molecule has 1 aromatic carbocycles. The minimum absolute atomic E-state index is 0.0398. The molecule has 1 N–H and O–H groups in total. The van der Waals surface area contributed by atoms with Gasteiger partial charge in [0.15, 0.2) is 6.61 Å². The van der Waals surface area contributed by atoms with Gasteiger partial charge in [-0.05, 0) is 38.7 Å². The van der Waals surface area contributed by atoms with E-state index in [9.17, 15) is 19.5 Å². The van der Waals surface area contributed by atoms with Crippen molar-refractivity contribution in [3.63, 3.8) is 0 Å². The topological polar surface area (TPSA) is 118 Å². The number of ether oxygens (including phenoxy) is 2. The predicted octanol–water partition coefficient (Wildman–Crippen LogP) is 1.09. The zero-order valence-electron chi connectivity index (χ0n) is 16.8. The highest BCUT2D eigenvalue weighted by molar-refractivity contribution is 5.92. The monoisotopic (exact) mass is 402 g/mol. The lowest BCUT2D eigenvalue weighted by atomic mass is 9.92. The van der Waals surface area contributed by atoms with E-state index in [0.29, 0.717) is 35.3 Å². The first-order chi connectivity index (χ1) is 13.7. The lowest BCUT2D eigenvalue weighted by Crippen LogP contribution is -2.34. The van der Waals surface area contributed by atoms with Crippen LogP contribution in [0.3, 0.4) is 0 Å². The van der Waals surface area contributed by atoms with Crippen LogP contribution in [0.25, 0.3) is 11.0 Å². The summed E-state index contributed by atoms with van der Waals surface area (Å²) in [5.74, 6) is -0.757. The summed E-state index contributed by atoms with van der Waals surface area (Å²) in [7, 11) is 0. The van der Waals surface area contributed by atoms with E-state index < -0.39 is 17.5 Å². The summed E-state index contributed by atoms with van der Waals surface area (Å²) in [6.07, 6.45) is 1.78. The summed E-state index contributed by atoms with van der Waals surface area (Å²) in [5, 5.41) is 13.6. The molecule has 29 heavy (non-hydrogen) atoms. The third kappa shape index (κ3) is 4.70. The van der Waals surface area contributed by atoms with Crippen LogP contribution in [0.15, 0.2) is 21.3 Å². The second kappa shape index (κ2) is 8.14. The van der Waals surface area contributed by atoms with Crippen molar-refractivity contribution in [3.05, 3.63) is 33.7 Å². The third-order valence-electron chi connectivity index (χ3n) is 4.88. The number of aryl methyl sites for hydroxylation is 2. The normalized spacial score (nSPS) is 14.7. The predicted molar refractivity (Wildman–Crippen MR) is 103 cm³/mol. The number of hydrogen-bond acceptors (Lipinski definition) is 7. The number of benzene rings is 1. The Kier molecular flexibility index (Phi) is 5.81. The Bertz CT molecular complexity index is 1010. The number of carbonyl (C=O) groups excluding carboxylic acids is 2. The maximum atomic E-state index is 12.1. The summed E-state index contributed by atoms with van der Waals surface area (Å²) in [6.45, 7) is 5.52. The molecule has 1 amide bonds. The second-order valence-corrected chi connectivity index (χ2v) is 7.62. The molecule has 1 aromatic heterocycles. The first-order valence-corrected chi connectivity index (χ1v) is 9.61. The first kappa shape index (κ1) is 20.7. The second-order valence-electron chi connectivity index (χ2n) is 7.62. The highest BCUT2D eigenvalue weighted by atomic mass is 16.5. The molecule has 1 aliphatic heterocycles. The van der Waals surface area contributed by atoms with Gasteiger partial charge in [0.1, 0.15) is 22.7 Å². The molecule has 1 aliphatic rings. The minimum atomic E-state index is -1.24. The number of carbonyl (C=O) groups is 2. The summed E-state index contributed by atoms with van der Waals surface area (Å²) >= 11 is 0. The van der Waals surface area contributed by atoms with Gasteiger partial charge >= 0.3 is 5.63 Å². The maximum Gasteiger partial charge on any atom is 0.336 e. The Labute approximate surface area is 167 Å². The van der Waals surface area contributed by atoms with Gasteiger partial charge in [-0.3, -0.25) is 4.79 Å². The van der Waals surface area contributed by atoms with Gasteiger partial charge in [0.05, 0.1) is 5.39 Å². The summed E-state index contributed by atoms with van der Waals surface area (Å²) in [6, 6.07) is 3.15. The quantitative estimate of drug-likeness (QED) is 0.689. The van der Waals surface area contributed by atoms with E-state index in [1.807, 2.05) is 20.8 Å². The van der Waals surface area contributed by atoms with E-state index >= 15 is 0 Å². The molecule has 2 heterocycles. The van der Waals surface area contributed by atoms with Crippen molar-refractivity contribution in [3.8, 4) is 11.5 Å². The van der Waals surface area contributed by atoms with Crippen molar-refractivity contribution < 1.29 is 28.6 Å². The molecule has 0 radical (unpaired) electrons. The SMILES string of the molecule is CCc1cc(=O)oc2c3c(cc(OCC(=O)NCCC(=O)[O-])c12)OC(C)(C)CC3. The lowest BCUT2D eigenvalue weighted by Gasteiger charge is -2.33. The van der Waals surface area contributed by atoms with Crippen LogP contribution in [-0.4, -0.2) is 30.6 Å². The van der Waals surface area contributed by atoms with Crippen molar-refractivity contribution in [2.75, 3.05) is 13.2 Å². The van der Waals surface area contributed by atoms with Crippen molar-refractivity contribution in [1.29, 1.82) is 0 Å². The van der Waals surface area contributed by atoms with Crippen LogP contribution in [0.2, 0.25) is 0 Å². The molecule has 0 aliphatic carbocycles. The van der Waals surface area contributed by atoms with Crippen LogP contribution in [0.4, 0.5) is 0 Å². The molecule has 0 atom stereocenters. The maximum absolute atomic E-state index is 12.1. The highest BCUT2D eigenvalue weighted by Gasteiger charge is 2.30. The molecule has 0 bridgehead atoms. The van der Waals surface area contributed by atoms with E-state index in [1.165, 1.54) is 6.07 Å². The molecule has 8 nitrogen and oxygen atoms in total. The lowest BCUT2D eigenvalue weighted by molar-refractivity contribution is -0.305. The fourth-order valence-corrected chi connectivity index (χ4v) is 3.41. The van der Waals surface area contributed by atoms with Gasteiger partial charge in [0.25, 0.3) is 5.91 Å². The Morgan fingerprint density at radius 2 is 2.07 bits per heavy atom. The number of fused-ring (bicyclic) bond motifs is 3. The van der Waals surface area contributed by atoms with E-state index in [-0.39, 0.29) is 25.2 Å². The summed E-state index contributed by atoms with van der Waals surface area (Å²) < 4.78 is 17.3. The van der Waals surface area contributed by atoms with Crippen LogP contribution in [0.1, 0.15) is 44.7 Å². The van der Waals surface area contributed by atoms with Crippen LogP contribution in [0, 0.1) is 0 Å². The summed E-state index contributed by atoms with van der Waals surface area (Å²) in [4.78, 5) is 34.5. The Morgan fingerprint density at radius 3 is 2.76 bits per heavy atom. The molecule has 0 saturated heterocycles. The zero-order valence-corrected chi connectivity index (χ0v) is 16.8. The number of nitrogens with one attached hydrogen (secondary N) is 1. The highest BCUT2D eigenvalue weighted by Crippen LogP contribution is 2.42. The van der Waals surface area contributed by atoms with Gasteiger partial charge in [-0.1, -0.05) is 6.92 Å². The third-order valence-corrected chi connectivity index (χ3v) is 4.88. The van der Waals surface area contributed by atoms with Gasteiger partial charge in [-0.15, -0.1) is 0 Å². The number of rotatable bonds is 7. The van der Waals surface area contributed by atoms with E-state index in [1.54, 1.807) is 6.07 Å². The average Bonchev–Trinajstić information content (AvgIpc) is 2.63. The average molecular weight is 402 g/mol. The Morgan fingerprint density at radius 1 is 1.31 bits per heavy atom. The molecule has 3 rings (SSSR count). The van der Waals surface area contributed by atoms with Gasteiger partial charge < -0.3 is 29.1 Å². The Hall–Kier alpha value is -3.03. The Balaban J connectivity index is 1.96. The first-order valence-electron chi connectivity index (χ1n) is 9.61. The van der Waals surface area contributed by atoms with E-state index in [0.717, 1.165) is 17.5 Å². The van der Waals surface area contributed by atoms with Crippen molar-refractivity contribution in [2.45, 2.75) is 52.1 Å². The molecule has 0 unspecified atom stereocenters. The van der Waals surface area contributed by atoms with Crippen molar-refractivity contribution in [1.82, 2.24) is 5.32 Å². The number of amides is 1. The number of carboxylic acid groups (broad SMARTS) is 1. The molecule has 0 spiro atoms. The van der Waals surface area contributed by atoms with Crippen molar-refractivity contribution >= 4 is 22.8 Å². The summed E-state index contributed by atoms with van der Waals surface area (Å²) in [5.41, 5.74) is 1.19. The fraction of sp³-hybridized carbons (Fsp3) is 0.476. The number of carboxylic acids is 1. The van der Waals surface area contributed by atoms with Crippen molar-refractivity contribution in [2.24, 2.45) is 0 Å². The largest absolute Gasteiger partial charge is 0.550 e. The van der Waals surface area contributed by atoms with Crippen LogP contribution in [-0.2, 0) is 22.4 Å². The number of aliphatic carboxylic acids is 1. The molecule has 156 valence electrons. The van der Waals surface area contributed by atoms with Gasteiger partial charge in [-0.25, -0.2) is 4.79 Å². The standard InChI is InChI=1S/C21H25NO7/c1-4-12-9-18(26)28-20-13-5-7-21(2,3)29-14(13)10-15(19(12)20)27-11-16(23)22-8-6-17(24)25/h9-10H,4-8,11H2,1-3H3,(H,22,23)(H,24,25)/p-1. The fourth-order valence-electron chi connectivity index (χ4n) is 3.41. The molecular weight excluding hydrogens is 378 g/mol. The molecule has 8 heteroatoms. The van der Waals surface area contributed by atoms with Crippen LogP contribution in [0.5, 0.6) is 11.5 Å². The molecule has 2 aromatic rings. The minimum Gasteiger partial charge on any atom is -0.550 e. The zero-order chi connectivity index (χ0) is 21.2. The van der Waals surface area contributed by atoms with Gasteiger partial charge in [0, 0.05) is 36.6 Å². The molecular formula is C21H24NO7-. The van der Waals surface area contributed by atoms with Crippen LogP contribution >= 0.6 is 0 Å². The van der Waals surface area contributed by atoms with Gasteiger partial charge in [-0.2, -0.15) is 0 Å². The molecule has 0 fully saturated rings. The number of hydrogen-bond donors (Lipinski definition) is 1. The van der Waals surface area contributed by atoms with E-state index in [4.69, 9.17) is 13.9 Å². The molecule has 0 saturated carbocycles.